The molecule has 2 aromatic carbocycles. The molecular weight excluding hydrogens is 312 g/mol. The molecule has 4 nitrogen and oxygen atoms in total. The number of rotatable bonds is 6. The molecule has 0 saturated carbocycles. The second kappa shape index (κ2) is 8.70. The summed E-state index contributed by atoms with van der Waals surface area (Å²) in [7, 11) is 1.56. The molecule has 0 heterocycles. The minimum atomic E-state index is -0.151. The van der Waals surface area contributed by atoms with Crippen molar-refractivity contribution in [2.24, 2.45) is 0 Å². The minimum Gasteiger partial charge on any atom is -0.359 e. The van der Waals surface area contributed by atoms with Crippen molar-refractivity contribution in [1.82, 2.24) is 5.32 Å². The summed E-state index contributed by atoms with van der Waals surface area (Å²) in [5.41, 5.74) is 3.49. The summed E-state index contributed by atoms with van der Waals surface area (Å²) in [4.78, 5) is 26.0. The average molecular weight is 334 g/mol. The highest BCUT2D eigenvalue weighted by Crippen LogP contribution is 2.24. The van der Waals surface area contributed by atoms with Crippen LogP contribution in [0.2, 0.25) is 0 Å². The molecule has 0 fully saturated rings. The van der Waals surface area contributed by atoms with E-state index in [0.717, 1.165) is 22.4 Å². The van der Waals surface area contributed by atoms with Gasteiger partial charge >= 0.3 is 0 Å². The van der Waals surface area contributed by atoms with E-state index in [1.54, 1.807) is 11.9 Å². The van der Waals surface area contributed by atoms with E-state index in [-0.39, 0.29) is 24.7 Å². The number of para-hydroxylation sites is 1. The van der Waals surface area contributed by atoms with Gasteiger partial charge in [-0.3, -0.25) is 9.59 Å². The molecule has 2 aromatic rings. The summed E-state index contributed by atoms with van der Waals surface area (Å²) < 4.78 is 0. The normalized spacial score (nSPS) is 9.96. The molecule has 2 rings (SSSR count). The van der Waals surface area contributed by atoms with E-state index in [2.05, 4.69) is 11.2 Å². The second-order valence-electron chi connectivity index (χ2n) is 5.74. The van der Waals surface area contributed by atoms with Gasteiger partial charge < -0.3 is 10.2 Å². The zero-order valence-corrected chi connectivity index (χ0v) is 14.6. The van der Waals surface area contributed by atoms with Gasteiger partial charge in [-0.05, 0) is 30.2 Å². The SMILES string of the molecule is C#Cc1ccccc1CN(C(=O)CCC(=O)NC)c1ccccc1C. The van der Waals surface area contributed by atoms with Crippen LogP contribution in [0.1, 0.15) is 29.5 Å². The lowest BCUT2D eigenvalue weighted by molar-refractivity contribution is -0.125. The fraction of sp³-hybridized carbons (Fsp3) is 0.238. The molecule has 0 aliphatic rings. The van der Waals surface area contributed by atoms with Gasteiger partial charge in [0, 0.05) is 31.1 Å². The van der Waals surface area contributed by atoms with Gasteiger partial charge in [-0.15, -0.1) is 6.42 Å². The number of terminal acetylenes is 1. The number of amides is 2. The van der Waals surface area contributed by atoms with Crippen LogP contribution >= 0.6 is 0 Å². The Bertz CT molecular complexity index is 806. The molecule has 4 heteroatoms. The van der Waals surface area contributed by atoms with Crippen molar-refractivity contribution < 1.29 is 9.59 Å². The Balaban J connectivity index is 2.33. The summed E-state index contributed by atoms with van der Waals surface area (Å²) >= 11 is 0. The lowest BCUT2D eigenvalue weighted by Crippen LogP contribution is -2.32. The van der Waals surface area contributed by atoms with Crippen molar-refractivity contribution in [3.8, 4) is 12.3 Å². The van der Waals surface area contributed by atoms with E-state index in [0.29, 0.717) is 6.54 Å². The summed E-state index contributed by atoms with van der Waals surface area (Å²) in [6.07, 6.45) is 5.89. The van der Waals surface area contributed by atoms with Gasteiger partial charge in [0.1, 0.15) is 0 Å². The third-order valence-corrected chi connectivity index (χ3v) is 4.05. The van der Waals surface area contributed by atoms with Crippen LogP contribution in [-0.4, -0.2) is 18.9 Å². The minimum absolute atomic E-state index is 0.107. The molecule has 128 valence electrons. The molecule has 0 bridgehead atoms. The zero-order valence-electron chi connectivity index (χ0n) is 14.6. The van der Waals surface area contributed by atoms with Crippen LogP contribution in [-0.2, 0) is 16.1 Å². The highest BCUT2D eigenvalue weighted by molar-refractivity contribution is 5.96. The first-order valence-corrected chi connectivity index (χ1v) is 8.18. The highest BCUT2D eigenvalue weighted by atomic mass is 16.2. The van der Waals surface area contributed by atoms with Crippen LogP contribution in [0.5, 0.6) is 0 Å². The zero-order chi connectivity index (χ0) is 18.2. The number of hydrogen-bond donors (Lipinski definition) is 1. The van der Waals surface area contributed by atoms with Crippen molar-refractivity contribution in [2.75, 3.05) is 11.9 Å². The largest absolute Gasteiger partial charge is 0.359 e. The summed E-state index contributed by atoms with van der Waals surface area (Å²) in [6.45, 7) is 2.33. The first kappa shape index (κ1) is 18.3. The Morgan fingerprint density at radius 3 is 2.44 bits per heavy atom. The lowest BCUT2D eigenvalue weighted by Gasteiger charge is -2.25. The summed E-state index contributed by atoms with van der Waals surface area (Å²) in [5.74, 6) is 2.41. The molecule has 25 heavy (non-hydrogen) atoms. The topological polar surface area (TPSA) is 49.4 Å². The summed E-state index contributed by atoms with van der Waals surface area (Å²) in [5, 5.41) is 2.54. The van der Waals surface area contributed by atoms with E-state index in [1.807, 2.05) is 55.5 Å². The molecule has 0 radical (unpaired) electrons. The van der Waals surface area contributed by atoms with Gasteiger partial charge in [0.15, 0.2) is 0 Å². The number of benzene rings is 2. The van der Waals surface area contributed by atoms with Gasteiger partial charge in [-0.1, -0.05) is 42.3 Å². The fourth-order valence-electron chi connectivity index (χ4n) is 2.62. The predicted octanol–water partition coefficient (Wildman–Crippen LogP) is 3.04. The van der Waals surface area contributed by atoms with Gasteiger partial charge in [0.05, 0.1) is 6.54 Å². The van der Waals surface area contributed by atoms with Crippen molar-refractivity contribution in [3.63, 3.8) is 0 Å². The van der Waals surface area contributed by atoms with Crippen LogP contribution in [0.15, 0.2) is 48.5 Å². The maximum Gasteiger partial charge on any atom is 0.227 e. The molecule has 2 amide bonds. The van der Waals surface area contributed by atoms with Gasteiger partial charge in [-0.2, -0.15) is 0 Å². The predicted molar refractivity (Wildman–Crippen MR) is 100 cm³/mol. The Morgan fingerprint density at radius 2 is 1.76 bits per heavy atom. The number of nitrogens with zero attached hydrogens (tertiary/aromatic N) is 1. The molecule has 0 atom stereocenters. The first-order chi connectivity index (χ1) is 12.1. The Labute approximate surface area is 148 Å². The maximum absolute atomic E-state index is 12.8. The van der Waals surface area contributed by atoms with Crippen LogP contribution in [0, 0.1) is 19.3 Å². The van der Waals surface area contributed by atoms with Crippen molar-refractivity contribution >= 4 is 17.5 Å². The first-order valence-electron chi connectivity index (χ1n) is 8.18. The molecule has 0 aliphatic heterocycles. The maximum atomic E-state index is 12.8. The van der Waals surface area contributed by atoms with Crippen LogP contribution in [0.3, 0.4) is 0 Å². The molecule has 0 unspecified atom stereocenters. The van der Waals surface area contributed by atoms with Crippen molar-refractivity contribution in [1.29, 1.82) is 0 Å². The van der Waals surface area contributed by atoms with E-state index in [1.165, 1.54) is 0 Å². The standard InChI is InChI=1S/C21H22N2O2/c1-4-17-10-6-7-11-18(17)15-23(19-12-8-5-9-16(19)2)21(25)14-13-20(24)22-3/h1,5-12H,13-15H2,2-3H3,(H,22,24). The van der Waals surface area contributed by atoms with E-state index in [9.17, 15) is 9.59 Å². The third-order valence-electron chi connectivity index (χ3n) is 4.05. The molecule has 1 N–H and O–H groups in total. The molecule has 0 spiro atoms. The monoisotopic (exact) mass is 334 g/mol. The van der Waals surface area contributed by atoms with Gasteiger partial charge in [0.25, 0.3) is 0 Å². The third kappa shape index (κ3) is 4.71. The number of anilines is 1. The van der Waals surface area contributed by atoms with Crippen LogP contribution in [0.25, 0.3) is 0 Å². The summed E-state index contributed by atoms with van der Waals surface area (Å²) in [6, 6.07) is 15.3. The second-order valence-corrected chi connectivity index (χ2v) is 5.74. The fourth-order valence-corrected chi connectivity index (χ4v) is 2.62. The smallest absolute Gasteiger partial charge is 0.227 e. The number of carbonyl (C=O) groups excluding carboxylic acids is 2. The molecule has 0 aliphatic carbocycles. The highest BCUT2D eigenvalue weighted by Gasteiger charge is 2.19. The number of nitrogens with one attached hydrogen (secondary N) is 1. The molecular formula is C21H22N2O2. The van der Waals surface area contributed by atoms with Gasteiger partial charge in [-0.25, -0.2) is 0 Å². The van der Waals surface area contributed by atoms with E-state index < -0.39 is 0 Å². The van der Waals surface area contributed by atoms with E-state index in [4.69, 9.17) is 6.42 Å². The molecule has 0 saturated heterocycles. The Hall–Kier alpha value is -3.06. The number of carbonyl (C=O) groups is 2. The average Bonchev–Trinajstić information content (AvgIpc) is 2.64. The van der Waals surface area contributed by atoms with Crippen LogP contribution < -0.4 is 10.2 Å². The van der Waals surface area contributed by atoms with Crippen molar-refractivity contribution in [3.05, 3.63) is 65.2 Å². The number of hydrogen-bond acceptors (Lipinski definition) is 2. The van der Waals surface area contributed by atoms with Crippen LogP contribution in [0.4, 0.5) is 5.69 Å². The van der Waals surface area contributed by atoms with Crippen molar-refractivity contribution in [2.45, 2.75) is 26.3 Å². The van der Waals surface area contributed by atoms with E-state index >= 15 is 0 Å². The quantitative estimate of drug-likeness (QED) is 0.826. The number of aryl methyl sites for hydroxylation is 1. The Kier molecular flexibility index (Phi) is 6.36. The Morgan fingerprint density at radius 1 is 1.08 bits per heavy atom. The van der Waals surface area contributed by atoms with Gasteiger partial charge in [0.2, 0.25) is 11.8 Å². The molecule has 0 aromatic heterocycles. The lowest BCUT2D eigenvalue weighted by atomic mass is 10.1.